The molecule has 0 bridgehead atoms. The van der Waals surface area contributed by atoms with Crippen LogP contribution in [0, 0.1) is 6.92 Å². The van der Waals surface area contributed by atoms with Crippen molar-refractivity contribution in [2.45, 2.75) is 45.8 Å². The normalized spacial score (nSPS) is 23.9. The lowest BCUT2D eigenvalue weighted by atomic mass is 9.97. The van der Waals surface area contributed by atoms with Crippen molar-refractivity contribution in [3.05, 3.63) is 35.4 Å². The van der Waals surface area contributed by atoms with Crippen molar-refractivity contribution in [2.75, 3.05) is 6.54 Å². The summed E-state index contributed by atoms with van der Waals surface area (Å²) >= 11 is 0. The van der Waals surface area contributed by atoms with Crippen molar-refractivity contribution in [1.29, 1.82) is 0 Å². The van der Waals surface area contributed by atoms with E-state index in [1.807, 2.05) is 17.0 Å². The number of carbonyl (C=O) groups excluding carboxylic acids is 1. The molecule has 2 atom stereocenters. The largest absolute Gasteiger partial charge is 0.441 e. The first-order valence-electron chi connectivity index (χ1n) is 6.66. The molecule has 0 saturated carbocycles. The highest BCUT2D eigenvalue weighted by Crippen LogP contribution is 2.32. The summed E-state index contributed by atoms with van der Waals surface area (Å²) < 4.78 is 5.58. The second-order valence-corrected chi connectivity index (χ2v) is 5.01. The van der Waals surface area contributed by atoms with Gasteiger partial charge in [-0.2, -0.15) is 0 Å². The maximum absolute atomic E-state index is 12.0. The van der Waals surface area contributed by atoms with Gasteiger partial charge in [-0.25, -0.2) is 4.79 Å². The number of rotatable bonds is 3. The van der Waals surface area contributed by atoms with Crippen molar-refractivity contribution in [3.8, 4) is 0 Å². The second-order valence-electron chi connectivity index (χ2n) is 5.01. The van der Waals surface area contributed by atoms with Crippen LogP contribution in [0.4, 0.5) is 4.79 Å². The molecule has 1 aliphatic rings. The second kappa shape index (κ2) is 5.42. The lowest BCUT2D eigenvalue weighted by Gasteiger charge is -2.37. The molecule has 0 aliphatic carbocycles. The lowest BCUT2D eigenvalue weighted by Crippen LogP contribution is -2.45. The van der Waals surface area contributed by atoms with Crippen molar-refractivity contribution in [2.24, 2.45) is 0 Å². The van der Waals surface area contributed by atoms with Gasteiger partial charge in [-0.05, 0) is 31.4 Å². The van der Waals surface area contributed by atoms with Gasteiger partial charge in [0, 0.05) is 19.0 Å². The maximum Gasteiger partial charge on any atom is 0.410 e. The molecule has 98 valence electrons. The van der Waals surface area contributed by atoms with Crippen LogP contribution in [0.15, 0.2) is 24.3 Å². The number of benzene rings is 1. The van der Waals surface area contributed by atoms with E-state index in [1.165, 1.54) is 5.56 Å². The van der Waals surface area contributed by atoms with Crippen LogP contribution in [-0.2, 0) is 4.74 Å². The molecule has 0 unspecified atom stereocenters. The average molecular weight is 247 g/mol. The monoisotopic (exact) mass is 247 g/mol. The molecular weight excluding hydrogens is 226 g/mol. The van der Waals surface area contributed by atoms with Crippen LogP contribution in [-0.4, -0.2) is 23.6 Å². The van der Waals surface area contributed by atoms with Gasteiger partial charge in [0.15, 0.2) is 0 Å². The number of hydrogen-bond acceptors (Lipinski definition) is 2. The van der Waals surface area contributed by atoms with Crippen LogP contribution in [0.25, 0.3) is 0 Å². The molecule has 1 aromatic rings. The van der Waals surface area contributed by atoms with E-state index in [9.17, 15) is 4.79 Å². The third-order valence-electron chi connectivity index (χ3n) is 3.56. The van der Waals surface area contributed by atoms with E-state index in [1.54, 1.807) is 0 Å². The summed E-state index contributed by atoms with van der Waals surface area (Å²) in [5.41, 5.74) is 2.32. The van der Waals surface area contributed by atoms with Gasteiger partial charge in [0.1, 0.15) is 6.10 Å². The van der Waals surface area contributed by atoms with E-state index in [0.29, 0.717) is 0 Å². The summed E-state index contributed by atoms with van der Waals surface area (Å²) in [6.45, 7) is 7.02. The van der Waals surface area contributed by atoms with Gasteiger partial charge in [-0.1, -0.05) is 31.2 Å². The molecule has 0 N–H and O–H groups in total. The van der Waals surface area contributed by atoms with Gasteiger partial charge in [0.2, 0.25) is 0 Å². The van der Waals surface area contributed by atoms with Gasteiger partial charge in [-0.15, -0.1) is 0 Å². The fraction of sp³-hybridized carbons (Fsp3) is 0.533. The van der Waals surface area contributed by atoms with Crippen LogP contribution in [0.2, 0.25) is 0 Å². The van der Waals surface area contributed by atoms with E-state index in [-0.39, 0.29) is 18.2 Å². The first kappa shape index (κ1) is 12.9. The first-order valence-corrected chi connectivity index (χ1v) is 6.66. The molecule has 0 radical (unpaired) electrons. The third kappa shape index (κ3) is 2.50. The highest BCUT2D eigenvalue weighted by atomic mass is 16.6. The fourth-order valence-corrected chi connectivity index (χ4v) is 2.55. The molecule has 0 aromatic heterocycles. The van der Waals surface area contributed by atoms with Crippen LogP contribution in [0.1, 0.15) is 43.9 Å². The van der Waals surface area contributed by atoms with Crippen LogP contribution >= 0.6 is 0 Å². The molecule has 1 fully saturated rings. The molecule has 3 nitrogen and oxygen atoms in total. The van der Waals surface area contributed by atoms with Crippen molar-refractivity contribution >= 4 is 6.09 Å². The standard InChI is InChI=1S/C15H21NO2/c1-4-9-16-12(3)10-14(18-15(16)17)13-8-6-5-7-11(13)2/h5-8,12,14H,4,9-10H2,1-3H3/t12-,14-/m1/s1. The Balaban J connectivity index is 2.15. The molecule has 18 heavy (non-hydrogen) atoms. The number of ether oxygens (including phenoxy) is 1. The van der Waals surface area contributed by atoms with Crippen molar-refractivity contribution in [1.82, 2.24) is 4.90 Å². The molecule has 1 amide bonds. The number of carbonyl (C=O) groups is 1. The van der Waals surface area contributed by atoms with Crippen LogP contribution < -0.4 is 0 Å². The minimum atomic E-state index is -0.177. The predicted octanol–water partition coefficient (Wildman–Crippen LogP) is 3.68. The Kier molecular flexibility index (Phi) is 3.90. The summed E-state index contributed by atoms with van der Waals surface area (Å²) in [5, 5.41) is 0. The first-order chi connectivity index (χ1) is 8.63. The Morgan fingerprint density at radius 1 is 1.39 bits per heavy atom. The number of hydrogen-bond donors (Lipinski definition) is 0. The SMILES string of the molecule is CCCN1C(=O)O[C@@H](c2ccccc2C)C[C@H]1C. The Morgan fingerprint density at radius 2 is 2.11 bits per heavy atom. The van der Waals surface area contributed by atoms with E-state index in [4.69, 9.17) is 4.74 Å². The smallest absolute Gasteiger partial charge is 0.410 e. The number of aryl methyl sites for hydroxylation is 1. The van der Waals surface area contributed by atoms with Gasteiger partial charge in [0.05, 0.1) is 0 Å². The predicted molar refractivity (Wildman–Crippen MR) is 71.5 cm³/mol. The Bertz CT molecular complexity index is 430. The van der Waals surface area contributed by atoms with Gasteiger partial charge in [0.25, 0.3) is 0 Å². The van der Waals surface area contributed by atoms with E-state index in [0.717, 1.165) is 24.9 Å². The van der Waals surface area contributed by atoms with Crippen molar-refractivity contribution < 1.29 is 9.53 Å². The minimum absolute atomic E-state index is 0.0955. The van der Waals surface area contributed by atoms with Gasteiger partial charge in [-0.3, -0.25) is 0 Å². The van der Waals surface area contributed by atoms with E-state index >= 15 is 0 Å². The van der Waals surface area contributed by atoms with E-state index < -0.39 is 0 Å². The summed E-state index contributed by atoms with van der Waals surface area (Å²) in [5.74, 6) is 0. The molecule has 2 rings (SSSR count). The molecule has 3 heteroatoms. The molecule has 1 aliphatic heterocycles. The highest BCUT2D eigenvalue weighted by Gasteiger charge is 2.33. The summed E-state index contributed by atoms with van der Waals surface area (Å²) in [6.07, 6.45) is 1.57. The third-order valence-corrected chi connectivity index (χ3v) is 3.56. The summed E-state index contributed by atoms with van der Waals surface area (Å²) in [4.78, 5) is 13.8. The zero-order chi connectivity index (χ0) is 13.1. The number of amides is 1. The summed E-state index contributed by atoms with van der Waals surface area (Å²) in [6, 6.07) is 8.37. The van der Waals surface area contributed by atoms with Crippen LogP contribution in [0.5, 0.6) is 0 Å². The lowest BCUT2D eigenvalue weighted by molar-refractivity contribution is 0.00168. The molecule has 1 heterocycles. The minimum Gasteiger partial charge on any atom is -0.441 e. The maximum atomic E-state index is 12.0. The number of nitrogens with zero attached hydrogens (tertiary/aromatic N) is 1. The Morgan fingerprint density at radius 3 is 2.72 bits per heavy atom. The topological polar surface area (TPSA) is 29.5 Å². The molecule has 1 saturated heterocycles. The zero-order valence-corrected chi connectivity index (χ0v) is 11.3. The molecular formula is C15H21NO2. The molecule has 0 spiro atoms. The van der Waals surface area contributed by atoms with Crippen molar-refractivity contribution in [3.63, 3.8) is 0 Å². The highest BCUT2D eigenvalue weighted by molar-refractivity contribution is 5.69. The van der Waals surface area contributed by atoms with Crippen LogP contribution in [0.3, 0.4) is 0 Å². The fourth-order valence-electron chi connectivity index (χ4n) is 2.55. The van der Waals surface area contributed by atoms with E-state index in [2.05, 4.69) is 32.9 Å². The summed E-state index contributed by atoms with van der Waals surface area (Å²) in [7, 11) is 0. The number of cyclic esters (lactones) is 1. The zero-order valence-electron chi connectivity index (χ0n) is 11.3. The Labute approximate surface area is 109 Å². The van der Waals surface area contributed by atoms with Gasteiger partial charge >= 0.3 is 6.09 Å². The molecule has 1 aromatic carbocycles. The van der Waals surface area contributed by atoms with Gasteiger partial charge < -0.3 is 9.64 Å². The average Bonchev–Trinajstić information content (AvgIpc) is 2.34. The Hall–Kier alpha value is -1.51. The quantitative estimate of drug-likeness (QED) is 0.815.